The van der Waals surface area contributed by atoms with E-state index in [1.165, 1.54) is 5.56 Å². The Morgan fingerprint density at radius 3 is 2.20 bits per heavy atom. The number of aromatic amines is 1. The second-order valence-electron chi connectivity index (χ2n) is 2.84. The van der Waals surface area contributed by atoms with Crippen molar-refractivity contribution in [2.45, 2.75) is 41.5 Å². The van der Waals surface area contributed by atoms with Gasteiger partial charge in [0.1, 0.15) is 5.82 Å². The molecule has 1 aromatic carbocycles. The molecule has 0 amide bonds. The number of H-pyrrole nitrogens is 1. The molecule has 2 aromatic rings. The minimum absolute atomic E-state index is 0.977. The molecule has 0 unspecified atom stereocenters. The van der Waals surface area contributed by atoms with E-state index in [4.69, 9.17) is 0 Å². The average molecular weight is 206 g/mol. The van der Waals surface area contributed by atoms with Gasteiger partial charge in [-0.3, -0.25) is 0 Å². The predicted octanol–water partition coefficient (Wildman–Crippen LogP) is 4.23. The van der Waals surface area contributed by atoms with Crippen molar-refractivity contribution < 1.29 is 0 Å². The predicted molar refractivity (Wildman–Crippen MR) is 68.3 cm³/mol. The molecule has 2 nitrogen and oxygen atoms in total. The molecule has 0 atom stereocenters. The second kappa shape index (κ2) is 7.04. The summed E-state index contributed by atoms with van der Waals surface area (Å²) in [7, 11) is 0. The zero-order valence-electron chi connectivity index (χ0n) is 10.7. The van der Waals surface area contributed by atoms with Crippen LogP contribution in [0.3, 0.4) is 0 Å². The van der Waals surface area contributed by atoms with Crippen LogP contribution in [0.15, 0.2) is 18.2 Å². The topological polar surface area (TPSA) is 28.7 Å². The Bertz CT molecular complexity index is 388. The Labute approximate surface area is 92.7 Å². The monoisotopic (exact) mass is 206 g/mol. The highest BCUT2D eigenvalue weighted by atomic mass is 14.9. The number of nitrogens with zero attached hydrogens (tertiary/aromatic N) is 1. The maximum absolute atomic E-state index is 4.30. The summed E-state index contributed by atoms with van der Waals surface area (Å²) < 4.78 is 0. The first-order valence-corrected chi connectivity index (χ1v) is 5.69. The van der Waals surface area contributed by atoms with Gasteiger partial charge >= 0.3 is 0 Å². The lowest BCUT2D eigenvalue weighted by atomic mass is 10.2. The molecule has 84 valence electrons. The van der Waals surface area contributed by atoms with Crippen molar-refractivity contribution in [3.63, 3.8) is 0 Å². The van der Waals surface area contributed by atoms with E-state index >= 15 is 0 Å². The summed E-state index contributed by atoms with van der Waals surface area (Å²) in [5.74, 6) is 0.977. The van der Waals surface area contributed by atoms with Crippen LogP contribution < -0.4 is 0 Å². The van der Waals surface area contributed by atoms with Crippen LogP contribution in [0.25, 0.3) is 11.0 Å². The van der Waals surface area contributed by atoms with Gasteiger partial charge in [-0.1, -0.05) is 33.8 Å². The van der Waals surface area contributed by atoms with Crippen LogP contribution in [0, 0.1) is 13.8 Å². The molecule has 0 aliphatic heterocycles. The molecular formula is C13H22N2. The van der Waals surface area contributed by atoms with Gasteiger partial charge < -0.3 is 4.98 Å². The first-order valence-electron chi connectivity index (χ1n) is 5.69. The molecule has 0 saturated heterocycles. The SMILES string of the molecule is CC.CC.Cc1ccc2nc(C)[nH]c2c1. The third-order valence-electron chi connectivity index (χ3n) is 1.76. The number of benzene rings is 1. The summed E-state index contributed by atoms with van der Waals surface area (Å²) in [6, 6.07) is 6.21. The lowest BCUT2D eigenvalue weighted by molar-refractivity contribution is 1.17. The minimum atomic E-state index is 0.977. The summed E-state index contributed by atoms with van der Waals surface area (Å²) in [6.45, 7) is 12.0. The van der Waals surface area contributed by atoms with Crippen molar-refractivity contribution in [1.29, 1.82) is 0 Å². The molecule has 0 aliphatic rings. The van der Waals surface area contributed by atoms with Gasteiger partial charge in [0.25, 0.3) is 0 Å². The first-order chi connectivity index (χ1) is 7.25. The lowest BCUT2D eigenvalue weighted by Crippen LogP contribution is -1.71. The number of rotatable bonds is 0. The average Bonchev–Trinajstić information content (AvgIpc) is 2.63. The quantitative estimate of drug-likeness (QED) is 0.686. The lowest BCUT2D eigenvalue weighted by Gasteiger charge is -1.89. The van der Waals surface area contributed by atoms with Crippen molar-refractivity contribution in [3.05, 3.63) is 29.6 Å². The van der Waals surface area contributed by atoms with Crippen molar-refractivity contribution in [3.8, 4) is 0 Å². The van der Waals surface area contributed by atoms with Crippen LogP contribution in [0.5, 0.6) is 0 Å². The van der Waals surface area contributed by atoms with E-state index in [-0.39, 0.29) is 0 Å². The summed E-state index contributed by atoms with van der Waals surface area (Å²) in [5, 5.41) is 0. The van der Waals surface area contributed by atoms with Crippen molar-refractivity contribution in [1.82, 2.24) is 9.97 Å². The summed E-state index contributed by atoms with van der Waals surface area (Å²) in [6.07, 6.45) is 0. The Balaban J connectivity index is 0.000000442. The van der Waals surface area contributed by atoms with Crippen LogP contribution in [-0.4, -0.2) is 9.97 Å². The summed E-state index contributed by atoms with van der Waals surface area (Å²) in [5.41, 5.74) is 3.44. The molecule has 0 bridgehead atoms. The number of imidazole rings is 1. The number of aryl methyl sites for hydroxylation is 2. The smallest absolute Gasteiger partial charge is 0.104 e. The van der Waals surface area contributed by atoms with Crippen molar-refractivity contribution >= 4 is 11.0 Å². The van der Waals surface area contributed by atoms with Gasteiger partial charge in [-0.25, -0.2) is 4.98 Å². The number of nitrogens with one attached hydrogen (secondary N) is 1. The Hall–Kier alpha value is -1.31. The van der Waals surface area contributed by atoms with Gasteiger partial charge in [0, 0.05) is 0 Å². The van der Waals surface area contributed by atoms with Gasteiger partial charge in [0.2, 0.25) is 0 Å². The van der Waals surface area contributed by atoms with Crippen LogP contribution in [-0.2, 0) is 0 Å². The second-order valence-corrected chi connectivity index (χ2v) is 2.84. The van der Waals surface area contributed by atoms with Crippen LogP contribution in [0.2, 0.25) is 0 Å². The van der Waals surface area contributed by atoms with Crippen LogP contribution >= 0.6 is 0 Å². The molecule has 0 aliphatic carbocycles. The molecule has 15 heavy (non-hydrogen) atoms. The molecule has 0 radical (unpaired) electrons. The van der Waals surface area contributed by atoms with Gasteiger partial charge in [-0.2, -0.15) is 0 Å². The Morgan fingerprint density at radius 2 is 1.60 bits per heavy atom. The molecule has 0 saturated carbocycles. The van der Waals surface area contributed by atoms with E-state index in [9.17, 15) is 0 Å². The third-order valence-corrected chi connectivity index (χ3v) is 1.76. The molecule has 2 rings (SSSR count). The van der Waals surface area contributed by atoms with E-state index in [0.29, 0.717) is 0 Å². The van der Waals surface area contributed by atoms with Crippen molar-refractivity contribution in [2.24, 2.45) is 0 Å². The number of hydrogen-bond donors (Lipinski definition) is 1. The number of hydrogen-bond acceptors (Lipinski definition) is 1. The van der Waals surface area contributed by atoms with Crippen LogP contribution in [0.4, 0.5) is 0 Å². The summed E-state index contributed by atoms with van der Waals surface area (Å²) in [4.78, 5) is 7.49. The zero-order valence-corrected chi connectivity index (χ0v) is 10.7. The maximum atomic E-state index is 4.30. The van der Waals surface area contributed by atoms with E-state index in [0.717, 1.165) is 16.9 Å². The highest BCUT2D eigenvalue weighted by molar-refractivity contribution is 5.75. The van der Waals surface area contributed by atoms with Crippen molar-refractivity contribution in [2.75, 3.05) is 0 Å². The highest BCUT2D eigenvalue weighted by Gasteiger charge is 1.96. The minimum Gasteiger partial charge on any atom is -0.342 e. The number of aromatic nitrogens is 2. The fourth-order valence-corrected chi connectivity index (χ4v) is 1.25. The highest BCUT2D eigenvalue weighted by Crippen LogP contribution is 2.12. The van der Waals surface area contributed by atoms with E-state index in [2.05, 4.69) is 29.0 Å². The van der Waals surface area contributed by atoms with E-state index < -0.39 is 0 Å². The molecule has 1 N–H and O–H groups in total. The summed E-state index contributed by atoms with van der Waals surface area (Å²) >= 11 is 0. The standard InChI is InChI=1S/C9H10N2.2C2H6/c1-6-3-4-8-9(5-6)11-7(2)10-8;2*1-2/h3-5H,1-2H3,(H,10,11);2*1-2H3. The molecule has 2 heteroatoms. The first kappa shape index (κ1) is 13.7. The molecule has 1 heterocycles. The molecule has 0 fully saturated rings. The molecule has 1 aromatic heterocycles. The normalized spacial score (nSPS) is 8.67. The fraction of sp³-hybridized carbons (Fsp3) is 0.462. The van der Waals surface area contributed by atoms with E-state index in [1.807, 2.05) is 40.7 Å². The zero-order chi connectivity index (χ0) is 11.8. The Kier molecular flexibility index (Phi) is 6.43. The van der Waals surface area contributed by atoms with Gasteiger partial charge in [0.15, 0.2) is 0 Å². The third kappa shape index (κ3) is 3.74. The molecule has 0 spiro atoms. The Morgan fingerprint density at radius 1 is 1.00 bits per heavy atom. The largest absolute Gasteiger partial charge is 0.342 e. The van der Waals surface area contributed by atoms with Gasteiger partial charge in [-0.05, 0) is 31.5 Å². The fourth-order valence-electron chi connectivity index (χ4n) is 1.25. The van der Waals surface area contributed by atoms with E-state index in [1.54, 1.807) is 0 Å². The molecular weight excluding hydrogens is 184 g/mol. The maximum Gasteiger partial charge on any atom is 0.104 e. The van der Waals surface area contributed by atoms with Gasteiger partial charge in [0.05, 0.1) is 11.0 Å². The number of fused-ring (bicyclic) bond motifs is 1. The van der Waals surface area contributed by atoms with Gasteiger partial charge in [-0.15, -0.1) is 0 Å². The van der Waals surface area contributed by atoms with Crippen LogP contribution in [0.1, 0.15) is 39.1 Å².